The number of aliphatic hydroxyl groups is 1. The average Bonchev–Trinajstić information content (AvgIpc) is 1.87. The molecule has 0 spiro atoms. The summed E-state index contributed by atoms with van der Waals surface area (Å²) in [4.78, 5) is 0. The summed E-state index contributed by atoms with van der Waals surface area (Å²) in [5.74, 6) is 0.987. The predicted octanol–water partition coefficient (Wildman–Crippen LogP) is 3.44. The SMILES string of the molecule is CCCC(C)/C=C\C=C(/C)O. The highest BCUT2D eigenvalue weighted by Gasteiger charge is 1.91. The fraction of sp³-hybridized carbons (Fsp3) is 0.600. The van der Waals surface area contributed by atoms with E-state index in [1.165, 1.54) is 12.8 Å². The molecule has 0 aliphatic carbocycles. The van der Waals surface area contributed by atoms with Crippen LogP contribution >= 0.6 is 0 Å². The van der Waals surface area contributed by atoms with Crippen LogP contribution in [0.3, 0.4) is 0 Å². The summed E-state index contributed by atoms with van der Waals surface area (Å²) < 4.78 is 0. The topological polar surface area (TPSA) is 20.2 Å². The van der Waals surface area contributed by atoms with Gasteiger partial charge in [-0.2, -0.15) is 0 Å². The molecule has 64 valence electrons. The van der Waals surface area contributed by atoms with E-state index < -0.39 is 0 Å². The average molecular weight is 154 g/mol. The van der Waals surface area contributed by atoms with E-state index in [9.17, 15) is 0 Å². The Kier molecular flexibility index (Phi) is 5.63. The third-order valence-electron chi connectivity index (χ3n) is 1.52. The molecule has 1 heteroatoms. The lowest BCUT2D eigenvalue weighted by atomic mass is 10.1. The van der Waals surface area contributed by atoms with Crippen molar-refractivity contribution in [3.8, 4) is 0 Å². The highest BCUT2D eigenvalue weighted by molar-refractivity contribution is 5.05. The molecule has 0 aromatic rings. The zero-order valence-corrected chi connectivity index (χ0v) is 7.67. The molecule has 0 aromatic carbocycles. The fourth-order valence-corrected chi connectivity index (χ4v) is 0.936. The molecule has 11 heavy (non-hydrogen) atoms. The largest absolute Gasteiger partial charge is 0.513 e. The Morgan fingerprint density at radius 2 is 2.18 bits per heavy atom. The minimum atomic E-state index is 0.366. The monoisotopic (exact) mass is 154 g/mol. The van der Waals surface area contributed by atoms with E-state index in [0.717, 1.165) is 0 Å². The first-order chi connectivity index (χ1) is 5.16. The van der Waals surface area contributed by atoms with Gasteiger partial charge in [-0.25, -0.2) is 0 Å². The second-order valence-electron chi connectivity index (χ2n) is 2.96. The number of aliphatic hydroxyl groups excluding tert-OH is 1. The van der Waals surface area contributed by atoms with Crippen molar-refractivity contribution in [2.24, 2.45) is 5.92 Å². The molecule has 0 radical (unpaired) electrons. The number of hydrogen-bond donors (Lipinski definition) is 1. The Balaban J connectivity index is 3.64. The minimum Gasteiger partial charge on any atom is -0.513 e. The highest BCUT2D eigenvalue weighted by Crippen LogP contribution is 2.06. The second kappa shape index (κ2) is 6.02. The molecule has 0 aliphatic rings. The molecule has 1 unspecified atom stereocenters. The number of allylic oxidation sites excluding steroid dienone is 4. The van der Waals surface area contributed by atoms with Gasteiger partial charge in [0.2, 0.25) is 0 Å². The Bertz CT molecular complexity index is 141. The van der Waals surface area contributed by atoms with Crippen LogP contribution in [0.2, 0.25) is 0 Å². The summed E-state index contributed by atoms with van der Waals surface area (Å²) in [6.07, 6.45) is 8.17. The predicted molar refractivity (Wildman–Crippen MR) is 49.6 cm³/mol. The van der Waals surface area contributed by atoms with Gasteiger partial charge in [-0.3, -0.25) is 0 Å². The molecule has 1 nitrogen and oxygen atoms in total. The molecule has 0 aliphatic heterocycles. The molecule has 1 atom stereocenters. The van der Waals surface area contributed by atoms with Crippen LogP contribution < -0.4 is 0 Å². The summed E-state index contributed by atoms with van der Waals surface area (Å²) in [6, 6.07) is 0. The van der Waals surface area contributed by atoms with Gasteiger partial charge in [0.1, 0.15) is 0 Å². The van der Waals surface area contributed by atoms with Crippen LogP contribution in [-0.2, 0) is 0 Å². The molecule has 0 rings (SSSR count). The quantitative estimate of drug-likeness (QED) is 0.486. The van der Waals surface area contributed by atoms with E-state index in [1.54, 1.807) is 13.0 Å². The lowest BCUT2D eigenvalue weighted by Crippen LogP contribution is -1.86. The van der Waals surface area contributed by atoms with Gasteiger partial charge in [-0.1, -0.05) is 32.4 Å². The van der Waals surface area contributed by atoms with Crippen molar-refractivity contribution in [2.75, 3.05) is 0 Å². The number of rotatable bonds is 4. The standard InChI is InChI=1S/C10H18O/c1-4-6-9(2)7-5-8-10(3)11/h5,7-9,11H,4,6H2,1-3H3/b7-5-,10-8+. The van der Waals surface area contributed by atoms with E-state index in [1.807, 2.05) is 6.08 Å². The van der Waals surface area contributed by atoms with Gasteiger partial charge in [0.05, 0.1) is 5.76 Å². The lowest BCUT2D eigenvalue weighted by molar-refractivity contribution is 0.414. The van der Waals surface area contributed by atoms with Gasteiger partial charge in [-0.05, 0) is 25.3 Å². The summed E-state index contributed by atoms with van der Waals surface area (Å²) in [5.41, 5.74) is 0. The maximum atomic E-state index is 8.81. The molecule has 0 bridgehead atoms. The van der Waals surface area contributed by atoms with E-state index in [2.05, 4.69) is 19.9 Å². The van der Waals surface area contributed by atoms with Crippen molar-refractivity contribution in [2.45, 2.75) is 33.6 Å². The molecule has 0 amide bonds. The third kappa shape index (κ3) is 7.17. The first-order valence-corrected chi connectivity index (χ1v) is 4.20. The second-order valence-corrected chi connectivity index (χ2v) is 2.96. The van der Waals surface area contributed by atoms with Crippen molar-refractivity contribution in [1.82, 2.24) is 0 Å². The Morgan fingerprint density at radius 3 is 2.64 bits per heavy atom. The Morgan fingerprint density at radius 1 is 1.55 bits per heavy atom. The molecule has 1 N–H and O–H groups in total. The van der Waals surface area contributed by atoms with Crippen LogP contribution in [-0.4, -0.2) is 5.11 Å². The highest BCUT2D eigenvalue weighted by atomic mass is 16.3. The van der Waals surface area contributed by atoms with Crippen LogP contribution in [0.25, 0.3) is 0 Å². The van der Waals surface area contributed by atoms with Gasteiger partial charge in [-0.15, -0.1) is 0 Å². The summed E-state index contributed by atoms with van der Waals surface area (Å²) in [6.45, 7) is 6.03. The number of hydrogen-bond acceptors (Lipinski definition) is 1. The fourth-order valence-electron chi connectivity index (χ4n) is 0.936. The van der Waals surface area contributed by atoms with Crippen molar-refractivity contribution < 1.29 is 5.11 Å². The summed E-state index contributed by atoms with van der Waals surface area (Å²) >= 11 is 0. The van der Waals surface area contributed by atoms with Crippen LogP contribution in [0.4, 0.5) is 0 Å². The van der Waals surface area contributed by atoms with Crippen molar-refractivity contribution in [1.29, 1.82) is 0 Å². The van der Waals surface area contributed by atoms with Crippen molar-refractivity contribution >= 4 is 0 Å². The maximum absolute atomic E-state index is 8.81. The van der Waals surface area contributed by atoms with E-state index in [4.69, 9.17) is 5.11 Å². The van der Waals surface area contributed by atoms with Gasteiger partial charge in [0.25, 0.3) is 0 Å². The van der Waals surface area contributed by atoms with Gasteiger partial charge >= 0.3 is 0 Å². The molecular weight excluding hydrogens is 136 g/mol. The van der Waals surface area contributed by atoms with E-state index >= 15 is 0 Å². The third-order valence-corrected chi connectivity index (χ3v) is 1.52. The Labute approximate surface area is 69.4 Å². The normalized spacial score (nSPS) is 15.7. The van der Waals surface area contributed by atoms with Crippen LogP contribution in [0, 0.1) is 5.92 Å². The zero-order valence-electron chi connectivity index (χ0n) is 7.67. The van der Waals surface area contributed by atoms with E-state index in [-0.39, 0.29) is 0 Å². The summed E-state index contributed by atoms with van der Waals surface area (Å²) in [5, 5.41) is 8.81. The molecule has 0 saturated carbocycles. The molecule has 0 fully saturated rings. The molecule has 0 saturated heterocycles. The molecule has 0 heterocycles. The Hall–Kier alpha value is -0.720. The van der Waals surface area contributed by atoms with E-state index in [0.29, 0.717) is 11.7 Å². The summed E-state index contributed by atoms with van der Waals surface area (Å²) in [7, 11) is 0. The van der Waals surface area contributed by atoms with Gasteiger partial charge in [0, 0.05) is 0 Å². The van der Waals surface area contributed by atoms with Gasteiger partial charge < -0.3 is 5.11 Å². The minimum absolute atomic E-state index is 0.366. The van der Waals surface area contributed by atoms with Crippen molar-refractivity contribution in [3.05, 3.63) is 24.0 Å². The van der Waals surface area contributed by atoms with Crippen LogP contribution in [0.1, 0.15) is 33.6 Å². The lowest BCUT2D eigenvalue weighted by Gasteiger charge is -2.00. The van der Waals surface area contributed by atoms with Crippen LogP contribution in [0.15, 0.2) is 24.0 Å². The first-order valence-electron chi connectivity index (χ1n) is 4.20. The smallest absolute Gasteiger partial charge is 0.0891 e. The van der Waals surface area contributed by atoms with Crippen LogP contribution in [0.5, 0.6) is 0 Å². The molecular formula is C10H18O. The maximum Gasteiger partial charge on any atom is 0.0891 e. The first kappa shape index (κ1) is 10.3. The molecule has 0 aromatic heterocycles. The van der Waals surface area contributed by atoms with Crippen molar-refractivity contribution in [3.63, 3.8) is 0 Å². The zero-order chi connectivity index (χ0) is 8.69. The van der Waals surface area contributed by atoms with Gasteiger partial charge in [0.15, 0.2) is 0 Å².